The second kappa shape index (κ2) is 20.2. The van der Waals surface area contributed by atoms with Gasteiger partial charge < -0.3 is 0 Å². The fourth-order valence-electron chi connectivity index (χ4n) is 17.7. The monoisotopic (exact) mass is 996 g/mol. The van der Waals surface area contributed by atoms with Crippen LogP contribution in [0.25, 0.3) is 0 Å². The molecule has 4 aliphatic carbocycles. The van der Waals surface area contributed by atoms with E-state index in [0.29, 0.717) is 47.6 Å². The zero-order valence-corrected chi connectivity index (χ0v) is 42.1. The summed E-state index contributed by atoms with van der Waals surface area (Å²) in [6.07, 6.45) is 15.8. The van der Waals surface area contributed by atoms with Gasteiger partial charge in [-0.1, -0.05) is 184 Å². The van der Waals surface area contributed by atoms with Crippen molar-refractivity contribution in [3.63, 3.8) is 0 Å². The molecule has 8 nitrogen and oxygen atoms in total. The Balaban J connectivity index is 0.00000492. The van der Waals surface area contributed by atoms with Crippen LogP contribution in [0.3, 0.4) is 0 Å². The minimum absolute atomic E-state index is 0. The molecule has 5 aromatic rings. The van der Waals surface area contributed by atoms with Gasteiger partial charge >= 0.3 is 0 Å². The number of fused-ring (bicyclic) bond motifs is 20. The molecule has 0 spiro atoms. The zero-order chi connectivity index (χ0) is 46.1. The van der Waals surface area contributed by atoms with E-state index < -0.39 is 0 Å². The predicted octanol–water partition coefficient (Wildman–Crippen LogP) is 9.57. The van der Waals surface area contributed by atoms with Gasteiger partial charge in [0.15, 0.2) is 0 Å². The van der Waals surface area contributed by atoms with Crippen LogP contribution in [-0.4, -0.2) is 49.3 Å². The smallest absolute Gasteiger partial charge is 0.0634 e. The van der Waals surface area contributed by atoms with Crippen LogP contribution in [0.4, 0.5) is 0 Å². The van der Waals surface area contributed by atoms with E-state index in [0.717, 1.165) is 0 Å². The van der Waals surface area contributed by atoms with Crippen molar-refractivity contribution in [1.29, 1.82) is 0 Å². The standard InChI is InChI=1S/C62H76N8.Cu/c1-6-21-37(22-7-1)42-35-20-36-47-52(42)60-68-59(47)66-57-44-32-17-16-31-43(44)55(64-57)63-56-45-33-18-19-34-46(45)58(65-56)67-61-53-50(40-27-12-4-13-28-40)48(38-23-8-2-9-24-38)49(39-25-10-3-11-26-39)51(41-29-14-5-15-30-41)54(53)62(69-60)70-61;/h1-15,21-30,42-70H,16-20,31-36H2;. The minimum atomic E-state index is 0. The average Bonchev–Trinajstić information content (AvgIpc) is 4.17. The van der Waals surface area contributed by atoms with Crippen molar-refractivity contribution in [3.8, 4) is 0 Å². The van der Waals surface area contributed by atoms with Gasteiger partial charge in [-0.3, -0.25) is 42.5 Å². The second-order valence-corrected chi connectivity index (χ2v) is 23.5. The van der Waals surface area contributed by atoms with Gasteiger partial charge in [-0.05, 0) is 131 Å². The Labute approximate surface area is 433 Å². The third kappa shape index (κ3) is 8.43. The third-order valence-corrected chi connectivity index (χ3v) is 20.3. The number of hydrogen-bond donors (Lipinski definition) is 8. The molecule has 1 radical (unpaired) electrons. The van der Waals surface area contributed by atoms with E-state index in [1.807, 2.05) is 0 Å². The molecule has 21 atom stereocenters. The molecule has 0 aromatic heterocycles. The van der Waals surface area contributed by atoms with E-state index >= 15 is 0 Å². The van der Waals surface area contributed by atoms with Gasteiger partial charge in [0.05, 0.1) is 49.3 Å². The Hall–Kier alpha value is -3.70. The summed E-state index contributed by atoms with van der Waals surface area (Å²) in [6.45, 7) is 0. The topological polar surface area (TPSA) is 96.2 Å². The van der Waals surface area contributed by atoms with Crippen molar-refractivity contribution < 1.29 is 17.1 Å². The molecule has 71 heavy (non-hydrogen) atoms. The molecule has 5 aromatic carbocycles. The molecule has 375 valence electrons. The maximum atomic E-state index is 4.66. The number of rotatable bonds is 5. The van der Waals surface area contributed by atoms with E-state index in [1.165, 1.54) is 98.4 Å². The summed E-state index contributed by atoms with van der Waals surface area (Å²) in [4.78, 5) is 0. The molecule has 0 amide bonds. The summed E-state index contributed by atoms with van der Waals surface area (Å²) in [7, 11) is 0. The zero-order valence-electron chi connectivity index (χ0n) is 41.1. The van der Waals surface area contributed by atoms with Crippen molar-refractivity contribution in [2.45, 2.75) is 150 Å². The molecule has 8 bridgehead atoms. The Kier molecular flexibility index (Phi) is 13.4. The minimum Gasteiger partial charge on any atom is -0.286 e. The first kappa shape index (κ1) is 47.0. The van der Waals surface area contributed by atoms with Crippen LogP contribution >= 0.6 is 0 Å². The first-order chi connectivity index (χ1) is 34.7. The van der Waals surface area contributed by atoms with Gasteiger partial charge in [0.25, 0.3) is 0 Å². The van der Waals surface area contributed by atoms with Crippen molar-refractivity contribution in [2.75, 3.05) is 0 Å². The van der Waals surface area contributed by atoms with E-state index in [-0.39, 0.29) is 95.7 Å². The molecule has 4 saturated carbocycles. The van der Waals surface area contributed by atoms with Crippen molar-refractivity contribution >= 4 is 0 Å². The van der Waals surface area contributed by atoms with Gasteiger partial charge in [0.2, 0.25) is 0 Å². The summed E-state index contributed by atoms with van der Waals surface area (Å²) in [6, 6.07) is 58.5. The van der Waals surface area contributed by atoms with Gasteiger partial charge in [-0.25, -0.2) is 0 Å². The third-order valence-electron chi connectivity index (χ3n) is 20.3. The summed E-state index contributed by atoms with van der Waals surface area (Å²) < 4.78 is 0. The summed E-state index contributed by atoms with van der Waals surface area (Å²) >= 11 is 0. The first-order valence-electron chi connectivity index (χ1n) is 28.1. The molecular formula is C62H76CuN8. The summed E-state index contributed by atoms with van der Waals surface area (Å²) in [5, 5.41) is 35.9. The summed E-state index contributed by atoms with van der Waals surface area (Å²) in [5.41, 5.74) is 7.30. The molecule has 9 aliphatic rings. The van der Waals surface area contributed by atoms with Gasteiger partial charge in [0.1, 0.15) is 0 Å². The molecule has 9 heteroatoms. The predicted molar refractivity (Wildman–Crippen MR) is 280 cm³/mol. The van der Waals surface area contributed by atoms with E-state index in [4.69, 9.17) is 0 Å². The van der Waals surface area contributed by atoms with Crippen LogP contribution < -0.4 is 42.5 Å². The Bertz CT molecular complexity index is 2520. The van der Waals surface area contributed by atoms with Crippen LogP contribution in [0.2, 0.25) is 0 Å². The van der Waals surface area contributed by atoms with Crippen LogP contribution in [0.1, 0.15) is 128 Å². The van der Waals surface area contributed by atoms with Crippen LogP contribution in [0, 0.1) is 47.3 Å². The quantitative estimate of drug-likeness (QED) is 0.0827. The largest absolute Gasteiger partial charge is 0.286 e. The Morgan fingerprint density at radius 1 is 0.239 bits per heavy atom. The van der Waals surface area contributed by atoms with Gasteiger partial charge in [0, 0.05) is 28.9 Å². The van der Waals surface area contributed by atoms with Crippen molar-refractivity contribution in [2.24, 2.45) is 47.3 Å². The molecule has 21 unspecified atom stereocenters. The maximum Gasteiger partial charge on any atom is 0.0634 e. The van der Waals surface area contributed by atoms with Crippen LogP contribution in [0.5, 0.6) is 0 Å². The van der Waals surface area contributed by atoms with Gasteiger partial charge in [-0.15, -0.1) is 0 Å². The fraction of sp³-hybridized carbons (Fsp3) is 0.516. The first-order valence-corrected chi connectivity index (χ1v) is 28.1. The number of nitrogens with one attached hydrogen (secondary N) is 8. The molecule has 14 rings (SSSR count). The van der Waals surface area contributed by atoms with Crippen LogP contribution in [-0.2, 0) is 17.1 Å². The van der Waals surface area contributed by atoms with E-state index in [2.05, 4.69) is 194 Å². The van der Waals surface area contributed by atoms with E-state index in [9.17, 15) is 0 Å². The molecule has 9 fully saturated rings. The average molecular weight is 997 g/mol. The Morgan fingerprint density at radius 2 is 0.507 bits per heavy atom. The molecule has 8 N–H and O–H groups in total. The van der Waals surface area contributed by atoms with Crippen LogP contribution in [0.15, 0.2) is 152 Å². The molecule has 5 heterocycles. The maximum absolute atomic E-state index is 4.66. The molecule has 5 aliphatic heterocycles. The Morgan fingerprint density at radius 3 is 0.873 bits per heavy atom. The number of benzene rings is 5. The second-order valence-electron chi connectivity index (χ2n) is 23.5. The van der Waals surface area contributed by atoms with E-state index in [1.54, 1.807) is 0 Å². The molecule has 5 saturated heterocycles. The summed E-state index contributed by atoms with van der Waals surface area (Å²) in [5.74, 6) is 5.36. The van der Waals surface area contributed by atoms with Crippen molar-refractivity contribution in [1.82, 2.24) is 42.5 Å². The van der Waals surface area contributed by atoms with Crippen molar-refractivity contribution in [3.05, 3.63) is 179 Å². The number of hydrogen-bond acceptors (Lipinski definition) is 8. The SMILES string of the molecule is [Cu].c1ccc(C2CCCC3C4NC5NC(NC6NC(NC7NC(NC(N4)C23)C2C(c3ccccc3)C(c3ccccc3)C(c3ccccc3)C(c3ccccc3)C72)C2CCCCC62)C2CCCCC52)cc1. The van der Waals surface area contributed by atoms with Gasteiger partial charge in [-0.2, -0.15) is 0 Å². The fourth-order valence-corrected chi connectivity index (χ4v) is 17.7. The normalized spacial score (nSPS) is 42.5. The molecular weight excluding hydrogens is 920 g/mol.